The largest absolute Gasteiger partial charge is 0.497 e. The van der Waals surface area contributed by atoms with Crippen molar-refractivity contribution in [3.63, 3.8) is 0 Å². The molecule has 0 fully saturated rings. The van der Waals surface area contributed by atoms with Crippen LogP contribution in [0.4, 0.5) is 5.69 Å². The number of nitrogens with zero attached hydrogens (tertiary/aromatic N) is 3. The summed E-state index contributed by atoms with van der Waals surface area (Å²) in [5.41, 5.74) is 7.09. The molecule has 0 saturated heterocycles. The zero-order chi connectivity index (χ0) is 20.8. The quantitative estimate of drug-likeness (QED) is 0.551. The standard InChI is InChI=1S/C20H21N5O3S/c1-3-25-19(14-5-4-6-16(11-14)28-2)23-24-20(25)29-12-17(26)22-15-9-7-13(8-10-15)18(21)27/h4-11H,3,12H2,1-2H3,(H2,21,27)(H,22,26). The van der Waals surface area contributed by atoms with Gasteiger partial charge < -0.3 is 20.4 Å². The molecule has 9 heteroatoms. The van der Waals surface area contributed by atoms with Gasteiger partial charge in [-0.15, -0.1) is 10.2 Å². The van der Waals surface area contributed by atoms with Crippen LogP contribution in [-0.4, -0.2) is 39.4 Å². The Morgan fingerprint density at radius 2 is 1.93 bits per heavy atom. The number of carbonyl (C=O) groups excluding carboxylic acids is 2. The van der Waals surface area contributed by atoms with Gasteiger partial charge in [0.25, 0.3) is 0 Å². The normalized spacial score (nSPS) is 10.6. The minimum Gasteiger partial charge on any atom is -0.497 e. The van der Waals surface area contributed by atoms with E-state index in [9.17, 15) is 9.59 Å². The van der Waals surface area contributed by atoms with Crippen molar-refractivity contribution in [3.05, 3.63) is 54.1 Å². The van der Waals surface area contributed by atoms with Crippen molar-refractivity contribution in [2.75, 3.05) is 18.2 Å². The van der Waals surface area contributed by atoms with Crippen LogP contribution in [0.5, 0.6) is 5.75 Å². The highest BCUT2D eigenvalue weighted by Gasteiger charge is 2.15. The van der Waals surface area contributed by atoms with E-state index in [0.29, 0.717) is 23.0 Å². The van der Waals surface area contributed by atoms with Crippen molar-refractivity contribution in [1.29, 1.82) is 0 Å². The highest BCUT2D eigenvalue weighted by Crippen LogP contribution is 2.26. The van der Waals surface area contributed by atoms with Gasteiger partial charge in [0.1, 0.15) is 5.75 Å². The number of nitrogens with two attached hydrogens (primary N) is 1. The Kier molecular flexibility index (Phi) is 6.50. The molecule has 1 aromatic heterocycles. The summed E-state index contributed by atoms with van der Waals surface area (Å²) in [4.78, 5) is 23.4. The lowest BCUT2D eigenvalue weighted by molar-refractivity contribution is -0.113. The molecule has 0 aliphatic rings. The van der Waals surface area contributed by atoms with Gasteiger partial charge in [0, 0.05) is 23.4 Å². The summed E-state index contributed by atoms with van der Waals surface area (Å²) in [6.45, 7) is 2.66. The maximum Gasteiger partial charge on any atom is 0.248 e. The van der Waals surface area contributed by atoms with E-state index in [1.165, 1.54) is 11.8 Å². The smallest absolute Gasteiger partial charge is 0.248 e. The van der Waals surface area contributed by atoms with Gasteiger partial charge in [-0.2, -0.15) is 0 Å². The average Bonchev–Trinajstić information content (AvgIpc) is 3.15. The Labute approximate surface area is 172 Å². The summed E-state index contributed by atoms with van der Waals surface area (Å²) in [5, 5.41) is 12.0. The van der Waals surface area contributed by atoms with Crippen molar-refractivity contribution in [3.8, 4) is 17.1 Å². The second-order valence-corrected chi connectivity index (χ2v) is 7.00. The molecule has 0 radical (unpaired) electrons. The molecule has 3 rings (SSSR count). The lowest BCUT2D eigenvalue weighted by atomic mass is 10.2. The first kappa shape index (κ1) is 20.4. The Morgan fingerprint density at radius 1 is 1.17 bits per heavy atom. The maximum absolute atomic E-state index is 12.3. The minimum absolute atomic E-state index is 0.174. The van der Waals surface area contributed by atoms with Crippen LogP contribution in [0.15, 0.2) is 53.7 Å². The molecule has 0 atom stereocenters. The van der Waals surface area contributed by atoms with Gasteiger partial charge in [0.05, 0.1) is 12.9 Å². The Bertz CT molecular complexity index is 1020. The van der Waals surface area contributed by atoms with Crippen molar-refractivity contribution >= 4 is 29.3 Å². The fourth-order valence-corrected chi connectivity index (χ4v) is 3.50. The van der Waals surface area contributed by atoms with E-state index in [-0.39, 0.29) is 11.7 Å². The SMILES string of the molecule is CCn1c(SCC(=O)Nc2ccc(C(N)=O)cc2)nnc1-c1cccc(OC)c1. The third kappa shape index (κ3) is 4.94. The van der Waals surface area contributed by atoms with Gasteiger partial charge in [-0.1, -0.05) is 23.9 Å². The van der Waals surface area contributed by atoms with E-state index < -0.39 is 5.91 Å². The number of methoxy groups -OCH3 is 1. The average molecular weight is 411 g/mol. The molecule has 2 amide bonds. The van der Waals surface area contributed by atoms with E-state index in [4.69, 9.17) is 10.5 Å². The lowest BCUT2D eigenvalue weighted by Gasteiger charge is -2.09. The molecule has 0 aliphatic heterocycles. The molecule has 8 nitrogen and oxygen atoms in total. The molecule has 3 N–H and O–H groups in total. The zero-order valence-electron chi connectivity index (χ0n) is 16.1. The van der Waals surface area contributed by atoms with E-state index in [2.05, 4.69) is 15.5 Å². The fourth-order valence-electron chi connectivity index (χ4n) is 2.70. The number of anilines is 1. The van der Waals surface area contributed by atoms with Gasteiger partial charge in [-0.25, -0.2) is 0 Å². The number of primary amides is 1. The summed E-state index contributed by atoms with van der Waals surface area (Å²) < 4.78 is 7.22. The molecule has 0 aliphatic carbocycles. The van der Waals surface area contributed by atoms with Gasteiger partial charge >= 0.3 is 0 Å². The van der Waals surface area contributed by atoms with E-state index in [0.717, 1.165) is 17.1 Å². The summed E-state index contributed by atoms with van der Waals surface area (Å²) in [7, 11) is 1.62. The molecular weight excluding hydrogens is 390 g/mol. The number of thioether (sulfide) groups is 1. The monoisotopic (exact) mass is 411 g/mol. The molecule has 0 unspecified atom stereocenters. The summed E-state index contributed by atoms with van der Waals surface area (Å²) in [6.07, 6.45) is 0. The van der Waals surface area contributed by atoms with Gasteiger partial charge in [0.15, 0.2) is 11.0 Å². The Balaban J connectivity index is 1.66. The topological polar surface area (TPSA) is 112 Å². The Hall–Kier alpha value is -3.33. The second kappa shape index (κ2) is 9.24. The highest BCUT2D eigenvalue weighted by molar-refractivity contribution is 7.99. The van der Waals surface area contributed by atoms with Gasteiger partial charge in [-0.05, 0) is 43.3 Å². The molecule has 0 saturated carbocycles. The predicted molar refractivity (Wildman–Crippen MR) is 112 cm³/mol. The minimum atomic E-state index is -0.510. The molecule has 3 aromatic rings. The predicted octanol–water partition coefficient (Wildman–Crippen LogP) is 2.80. The number of hydrogen-bond donors (Lipinski definition) is 2. The number of ether oxygens (including phenoxy) is 1. The highest BCUT2D eigenvalue weighted by atomic mass is 32.2. The number of carbonyl (C=O) groups is 2. The van der Waals surface area contributed by atoms with Crippen LogP contribution >= 0.6 is 11.8 Å². The van der Waals surface area contributed by atoms with Crippen molar-refractivity contribution in [1.82, 2.24) is 14.8 Å². The second-order valence-electron chi connectivity index (χ2n) is 6.06. The first-order valence-electron chi connectivity index (χ1n) is 8.92. The maximum atomic E-state index is 12.3. The summed E-state index contributed by atoms with van der Waals surface area (Å²) >= 11 is 1.30. The first-order valence-corrected chi connectivity index (χ1v) is 9.90. The van der Waals surface area contributed by atoms with Gasteiger partial charge in [0.2, 0.25) is 11.8 Å². The summed E-state index contributed by atoms with van der Waals surface area (Å²) in [6, 6.07) is 14.0. The van der Waals surface area contributed by atoms with Crippen LogP contribution in [-0.2, 0) is 11.3 Å². The molecule has 29 heavy (non-hydrogen) atoms. The van der Waals surface area contributed by atoms with E-state index in [1.807, 2.05) is 35.8 Å². The van der Waals surface area contributed by atoms with Crippen LogP contribution in [0.2, 0.25) is 0 Å². The molecule has 150 valence electrons. The van der Waals surface area contributed by atoms with Crippen molar-refractivity contribution < 1.29 is 14.3 Å². The number of amides is 2. The van der Waals surface area contributed by atoms with Gasteiger partial charge in [-0.3, -0.25) is 9.59 Å². The van der Waals surface area contributed by atoms with E-state index in [1.54, 1.807) is 31.4 Å². The first-order chi connectivity index (χ1) is 14.0. The van der Waals surface area contributed by atoms with Crippen molar-refractivity contribution in [2.24, 2.45) is 5.73 Å². The third-order valence-electron chi connectivity index (χ3n) is 4.15. The van der Waals surface area contributed by atoms with Crippen molar-refractivity contribution in [2.45, 2.75) is 18.6 Å². The molecule has 0 spiro atoms. The van der Waals surface area contributed by atoms with Crippen LogP contribution in [0, 0.1) is 0 Å². The van der Waals surface area contributed by atoms with Crippen LogP contribution in [0.1, 0.15) is 17.3 Å². The molecule has 0 bridgehead atoms. The third-order valence-corrected chi connectivity index (χ3v) is 5.11. The summed E-state index contributed by atoms with van der Waals surface area (Å²) in [5.74, 6) is 0.938. The molecule has 2 aromatic carbocycles. The van der Waals surface area contributed by atoms with Crippen LogP contribution < -0.4 is 15.8 Å². The number of rotatable bonds is 8. The fraction of sp³-hybridized carbons (Fsp3) is 0.200. The van der Waals surface area contributed by atoms with E-state index >= 15 is 0 Å². The molecule has 1 heterocycles. The Morgan fingerprint density at radius 3 is 2.59 bits per heavy atom. The lowest BCUT2D eigenvalue weighted by Crippen LogP contribution is -2.15. The van der Waals surface area contributed by atoms with Crippen LogP contribution in [0.25, 0.3) is 11.4 Å². The zero-order valence-corrected chi connectivity index (χ0v) is 16.9. The number of hydrogen-bond acceptors (Lipinski definition) is 6. The molecular formula is C20H21N5O3S. The number of benzene rings is 2. The van der Waals surface area contributed by atoms with Crippen LogP contribution in [0.3, 0.4) is 0 Å². The number of aromatic nitrogens is 3. The number of nitrogens with one attached hydrogen (secondary N) is 1.